The highest BCUT2D eigenvalue weighted by Gasteiger charge is 2.51. The Morgan fingerprint density at radius 2 is 1.96 bits per heavy atom. The van der Waals surface area contributed by atoms with E-state index in [4.69, 9.17) is 0 Å². The fraction of sp³-hybridized carbons (Fsp3) is 0.263. The molecule has 1 N–H and O–H groups in total. The highest BCUT2D eigenvalue weighted by atomic mass is 19.1. The summed E-state index contributed by atoms with van der Waals surface area (Å²) in [7, 11) is 0. The molecular weight excluding hydrogens is 307 g/mol. The Bertz CT molecular complexity index is 864. The minimum Gasteiger partial charge on any atom is -0.325 e. The number of amides is 2. The van der Waals surface area contributed by atoms with E-state index >= 15 is 0 Å². The Labute approximate surface area is 139 Å². The molecule has 0 aromatic heterocycles. The molecule has 122 valence electrons. The van der Waals surface area contributed by atoms with Gasteiger partial charge in [-0.2, -0.15) is 0 Å². The molecule has 1 saturated heterocycles. The van der Waals surface area contributed by atoms with Gasteiger partial charge in [0.2, 0.25) is 11.8 Å². The Kier molecular flexibility index (Phi) is 3.20. The van der Waals surface area contributed by atoms with Crippen molar-refractivity contribution in [2.75, 3.05) is 16.8 Å². The Balaban J connectivity index is 1.80. The number of benzene rings is 2. The molecule has 1 unspecified atom stereocenters. The van der Waals surface area contributed by atoms with Gasteiger partial charge in [0.1, 0.15) is 5.82 Å². The molecular formula is C19H17FN2O2. The molecule has 2 aliphatic rings. The van der Waals surface area contributed by atoms with Crippen LogP contribution in [0.15, 0.2) is 42.5 Å². The number of carbonyl (C=O) groups is 2. The SMILES string of the molecule is Cc1ccc(F)cc1N1CC2(CCC1=O)C(=O)Nc1ccccc12. The van der Waals surface area contributed by atoms with Gasteiger partial charge in [-0.25, -0.2) is 4.39 Å². The van der Waals surface area contributed by atoms with Crippen LogP contribution in [-0.2, 0) is 15.0 Å². The lowest BCUT2D eigenvalue weighted by Gasteiger charge is -2.39. The topological polar surface area (TPSA) is 49.4 Å². The van der Waals surface area contributed by atoms with Crippen LogP contribution in [0.2, 0.25) is 0 Å². The summed E-state index contributed by atoms with van der Waals surface area (Å²) in [6.07, 6.45) is 0.733. The monoisotopic (exact) mass is 324 g/mol. The van der Waals surface area contributed by atoms with Crippen molar-refractivity contribution in [3.63, 3.8) is 0 Å². The van der Waals surface area contributed by atoms with Crippen molar-refractivity contribution in [2.24, 2.45) is 0 Å². The second kappa shape index (κ2) is 5.16. The van der Waals surface area contributed by atoms with E-state index in [1.165, 1.54) is 12.1 Å². The van der Waals surface area contributed by atoms with Gasteiger partial charge < -0.3 is 10.2 Å². The lowest BCUT2D eigenvalue weighted by Crippen LogP contribution is -2.52. The van der Waals surface area contributed by atoms with Crippen molar-refractivity contribution in [2.45, 2.75) is 25.2 Å². The van der Waals surface area contributed by atoms with E-state index in [2.05, 4.69) is 5.32 Å². The largest absolute Gasteiger partial charge is 0.325 e. The second-order valence-electron chi connectivity index (χ2n) is 6.49. The predicted octanol–water partition coefficient (Wildman–Crippen LogP) is 3.15. The van der Waals surface area contributed by atoms with Crippen LogP contribution in [0.4, 0.5) is 15.8 Å². The number of nitrogens with one attached hydrogen (secondary N) is 1. The normalized spacial score (nSPS) is 22.7. The van der Waals surface area contributed by atoms with E-state index in [1.54, 1.807) is 11.0 Å². The maximum absolute atomic E-state index is 13.7. The van der Waals surface area contributed by atoms with Gasteiger partial charge in [-0.05, 0) is 42.7 Å². The summed E-state index contributed by atoms with van der Waals surface area (Å²) in [6.45, 7) is 2.07. The Morgan fingerprint density at radius 1 is 1.17 bits per heavy atom. The molecule has 1 fully saturated rings. The molecule has 2 amide bonds. The summed E-state index contributed by atoms with van der Waals surface area (Å²) >= 11 is 0. The number of fused-ring (bicyclic) bond motifs is 2. The van der Waals surface area contributed by atoms with E-state index in [9.17, 15) is 14.0 Å². The van der Waals surface area contributed by atoms with Gasteiger partial charge in [0, 0.05) is 24.3 Å². The standard InChI is InChI=1S/C19H17FN2O2/c1-12-6-7-13(20)10-16(12)22-11-19(9-8-17(22)23)14-4-2-3-5-15(14)21-18(19)24/h2-7,10H,8-9,11H2,1H3,(H,21,24). The lowest BCUT2D eigenvalue weighted by atomic mass is 9.74. The van der Waals surface area contributed by atoms with Crippen LogP contribution in [0.5, 0.6) is 0 Å². The molecule has 0 bridgehead atoms. The van der Waals surface area contributed by atoms with Gasteiger partial charge in [-0.3, -0.25) is 9.59 Å². The summed E-state index contributed by atoms with van der Waals surface area (Å²) in [6, 6.07) is 12.0. The summed E-state index contributed by atoms with van der Waals surface area (Å²) in [5.41, 5.74) is 2.31. The first-order chi connectivity index (χ1) is 11.5. The molecule has 2 aliphatic heterocycles. The first-order valence-corrected chi connectivity index (χ1v) is 7.99. The predicted molar refractivity (Wildman–Crippen MR) is 89.5 cm³/mol. The van der Waals surface area contributed by atoms with Crippen molar-refractivity contribution >= 4 is 23.2 Å². The number of para-hydroxylation sites is 1. The van der Waals surface area contributed by atoms with E-state index in [1.807, 2.05) is 31.2 Å². The van der Waals surface area contributed by atoms with Gasteiger partial charge in [0.15, 0.2) is 0 Å². The van der Waals surface area contributed by atoms with Crippen LogP contribution in [0.25, 0.3) is 0 Å². The van der Waals surface area contributed by atoms with E-state index in [-0.39, 0.29) is 30.6 Å². The molecule has 1 atom stereocenters. The number of hydrogen-bond acceptors (Lipinski definition) is 2. The summed E-state index contributed by atoms with van der Waals surface area (Å²) < 4.78 is 13.7. The molecule has 2 aromatic carbocycles. The highest BCUT2D eigenvalue weighted by Crippen LogP contribution is 2.45. The summed E-state index contributed by atoms with van der Waals surface area (Å²) in [5.74, 6) is -0.555. The minimum absolute atomic E-state index is 0.0773. The van der Waals surface area contributed by atoms with Gasteiger partial charge >= 0.3 is 0 Å². The zero-order valence-corrected chi connectivity index (χ0v) is 13.3. The Morgan fingerprint density at radius 3 is 2.79 bits per heavy atom. The third-order valence-electron chi connectivity index (χ3n) is 5.08. The molecule has 0 radical (unpaired) electrons. The fourth-order valence-electron chi connectivity index (χ4n) is 3.76. The van der Waals surface area contributed by atoms with Crippen LogP contribution in [-0.4, -0.2) is 18.4 Å². The number of carbonyl (C=O) groups excluding carboxylic acids is 2. The van der Waals surface area contributed by atoms with Gasteiger partial charge in [0.25, 0.3) is 0 Å². The quantitative estimate of drug-likeness (QED) is 0.876. The molecule has 24 heavy (non-hydrogen) atoms. The van der Waals surface area contributed by atoms with Crippen LogP contribution < -0.4 is 10.2 Å². The molecule has 2 heterocycles. The highest BCUT2D eigenvalue weighted by molar-refractivity contribution is 6.09. The number of rotatable bonds is 1. The maximum Gasteiger partial charge on any atom is 0.236 e. The van der Waals surface area contributed by atoms with Crippen LogP contribution in [0.3, 0.4) is 0 Å². The molecule has 4 nitrogen and oxygen atoms in total. The molecule has 2 aromatic rings. The minimum atomic E-state index is -0.761. The molecule has 4 rings (SSSR count). The van der Waals surface area contributed by atoms with Gasteiger partial charge in [-0.15, -0.1) is 0 Å². The van der Waals surface area contributed by atoms with E-state index in [0.717, 1.165) is 16.8 Å². The molecule has 0 saturated carbocycles. The average molecular weight is 324 g/mol. The van der Waals surface area contributed by atoms with Crippen molar-refractivity contribution in [3.8, 4) is 0 Å². The molecule has 0 aliphatic carbocycles. The third-order valence-corrected chi connectivity index (χ3v) is 5.08. The van der Waals surface area contributed by atoms with Crippen LogP contribution in [0.1, 0.15) is 24.0 Å². The first kappa shape index (κ1) is 14.9. The second-order valence-corrected chi connectivity index (χ2v) is 6.49. The smallest absolute Gasteiger partial charge is 0.236 e. The van der Waals surface area contributed by atoms with Crippen LogP contribution >= 0.6 is 0 Å². The van der Waals surface area contributed by atoms with Gasteiger partial charge in [0.05, 0.1) is 5.41 Å². The van der Waals surface area contributed by atoms with Crippen molar-refractivity contribution < 1.29 is 14.0 Å². The zero-order chi connectivity index (χ0) is 16.9. The summed E-state index contributed by atoms with van der Waals surface area (Å²) in [4.78, 5) is 26.8. The molecule has 5 heteroatoms. The fourth-order valence-corrected chi connectivity index (χ4v) is 3.76. The lowest BCUT2D eigenvalue weighted by molar-refractivity contribution is -0.125. The number of anilines is 2. The number of halogens is 1. The van der Waals surface area contributed by atoms with E-state index < -0.39 is 5.41 Å². The van der Waals surface area contributed by atoms with Gasteiger partial charge in [-0.1, -0.05) is 24.3 Å². The van der Waals surface area contributed by atoms with Crippen molar-refractivity contribution in [1.82, 2.24) is 0 Å². The van der Waals surface area contributed by atoms with E-state index in [0.29, 0.717) is 12.1 Å². The summed E-state index contributed by atoms with van der Waals surface area (Å²) in [5, 5.41) is 2.92. The zero-order valence-electron chi connectivity index (χ0n) is 13.3. The molecule has 1 spiro atoms. The van der Waals surface area contributed by atoms with Crippen molar-refractivity contribution in [1.29, 1.82) is 0 Å². The van der Waals surface area contributed by atoms with Crippen molar-refractivity contribution in [3.05, 3.63) is 59.4 Å². The number of aryl methyl sites for hydroxylation is 1. The maximum atomic E-state index is 13.7. The number of nitrogens with zero attached hydrogens (tertiary/aromatic N) is 1. The first-order valence-electron chi connectivity index (χ1n) is 7.99. The van der Waals surface area contributed by atoms with Crippen LogP contribution in [0, 0.1) is 12.7 Å². The Hall–Kier alpha value is -2.69. The number of piperidine rings is 1. The third kappa shape index (κ3) is 2.04. The average Bonchev–Trinajstić information content (AvgIpc) is 2.84. The number of hydrogen-bond donors (Lipinski definition) is 1.